The zero-order valence-electron chi connectivity index (χ0n) is 6.30. The van der Waals surface area contributed by atoms with Crippen molar-refractivity contribution in [2.45, 2.75) is 31.7 Å². The van der Waals surface area contributed by atoms with Crippen molar-refractivity contribution in [3.63, 3.8) is 0 Å². The molecule has 4 nitrogen and oxygen atoms in total. The summed E-state index contributed by atoms with van der Waals surface area (Å²) in [6, 6.07) is -0.0197. The fourth-order valence-electron chi connectivity index (χ4n) is 1.28. The van der Waals surface area contributed by atoms with E-state index in [4.69, 9.17) is 5.73 Å². The Kier molecular flexibility index (Phi) is 2.46. The van der Waals surface area contributed by atoms with Crippen molar-refractivity contribution < 1.29 is 9.59 Å². The number of piperidine rings is 1. The summed E-state index contributed by atoms with van der Waals surface area (Å²) in [5.41, 5.74) is 4.98. The molecule has 2 amide bonds. The minimum Gasteiger partial charge on any atom is -0.370 e. The smallest absolute Gasteiger partial charge is 0.220 e. The molecule has 3 N–H and O–H groups in total. The molecule has 62 valence electrons. The molecule has 0 aromatic carbocycles. The van der Waals surface area contributed by atoms with Gasteiger partial charge in [0.15, 0.2) is 0 Å². The van der Waals surface area contributed by atoms with Crippen LogP contribution in [0.4, 0.5) is 0 Å². The van der Waals surface area contributed by atoms with Gasteiger partial charge in [-0.1, -0.05) is 0 Å². The lowest BCUT2D eigenvalue weighted by molar-refractivity contribution is -0.124. The Morgan fingerprint density at radius 2 is 2.45 bits per heavy atom. The molecule has 0 bridgehead atoms. The first-order valence-electron chi connectivity index (χ1n) is 3.76. The predicted octanol–water partition coefficient (Wildman–Crippen LogP) is -0.470. The minimum absolute atomic E-state index is 0.0197. The number of hydrogen-bond donors (Lipinski definition) is 2. The molecule has 4 heteroatoms. The van der Waals surface area contributed by atoms with Gasteiger partial charge in [0.25, 0.3) is 0 Å². The molecule has 1 aliphatic heterocycles. The van der Waals surface area contributed by atoms with Crippen LogP contribution in [0.15, 0.2) is 0 Å². The zero-order valence-corrected chi connectivity index (χ0v) is 6.30. The van der Waals surface area contributed by atoms with Gasteiger partial charge in [0.05, 0.1) is 0 Å². The second-order valence-electron chi connectivity index (χ2n) is 2.83. The summed E-state index contributed by atoms with van der Waals surface area (Å²) < 4.78 is 0. The Morgan fingerprint density at radius 3 is 3.00 bits per heavy atom. The van der Waals surface area contributed by atoms with Crippen LogP contribution in [-0.2, 0) is 9.59 Å². The maximum Gasteiger partial charge on any atom is 0.220 e. The van der Waals surface area contributed by atoms with Crippen LogP contribution >= 0.6 is 0 Å². The monoisotopic (exact) mass is 156 g/mol. The summed E-state index contributed by atoms with van der Waals surface area (Å²) in [6.07, 6.45) is 2.58. The second kappa shape index (κ2) is 3.37. The van der Waals surface area contributed by atoms with Gasteiger partial charge in [-0.3, -0.25) is 9.59 Å². The highest BCUT2D eigenvalue weighted by Crippen LogP contribution is 2.10. The Balaban J connectivity index is 2.34. The third-order valence-electron chi connectivity index (χ3n) is 1.77. The second-order valence-corrected chi connectivity index (χ2v) is 2.83. The van der Waals surface area contributed by atoms with Gasteiger partial charge in [-0.2, -0.15) is 0 Å². The Hall–Kier alpha value is -1.06. The van der Waals surface area contributed by atoms with E-state index >= 15 is 0 Å². The molecule has 1 atom stereocenters. The van der Waals surface area contributed by atoms with E-state index in [9.17, 15) is 9.59 Å². The van der Waals surface area contributed by atoms with Crippen LogP contribution in [0.25, 0.3) is 0 Å². The molecule has 0 spiro atoms. The number of rotatable bonds is 2. The number of hydrogen-bond acceptors (Lipinski definition) is 2. The molecule has 1 aliphatic rings. The van der Waals surface area contributed by atoms with Gasteiger partial charge in [0, 0.05) is 18.9 Å². The number of nitrogens with two attached hydrogens (primary N) is 1. The summed E-state index contributed by atoms with van der Waals surface area (Å²) in [7, 11) is 0. The van der Waals surface area contributed by atoms with Crippen molar-refractivity contribution in [1.82, 2.24) is 5.32 Å². The average Bonchev–Trinajstić information content (AvgIpc) is 1.85. The summed E-state index contributed by atoms with van der Waals surface area (Å²) in [5.74, 6) is -0.320. The van der Waals surface area contributed by atoms with Crippen molar-refractivity contribution in [3.05, 3.63) is 0 Å². The fraction of sp³-hybridized carbons (Fsp3) is 0.714. The molecule has 0 unspecified atom stereocenters. The quantitative estimate of drug-likeness (QED) is 0.567. The lowest BCUT2D eigenvalue weighted by Crippen LogP contribution is -2.40. The maximum absolute atomic E-state index is 10.8. The highest BCUT2D eigenvalue weighted by Gasteiger charge is 2.19. The Morgan fingerprint density at radius 1 is 1.73 bits per heavy atom. The molecule has 0 aliphatic carbocycles. The van der Waals surface area contributed by atoms with E-state index in [0.717, 1.165) is 12.8 Å². The molecule has 0 radical (unpaired) electrons. The number of carbonyl (C=O) groups excluding carboxylic acids is 2. The number of primary amides is 1. The molecule has 1 saturated heterocycles. The minimum atomic E-state index is -0.350. The van der Waals surface area contributed by atoms with E-state index in [1.165, 1.54) is 0 Å². The van der Waals surface area contributed by atoms with Crippen LogP contribution < -0.4 is 11.1 Å². The van der Waals surface area contributed by atoms with Gasteiger partial charge in [0.2, 0.25) is 11.8 Å². The highest BCUT2D eigenvalue weighted by atomic mass is 16.2. The lowest BCUT2D eigenvalue weighted by atomic mass is 10.0. The van der Waals surface area contributed by atoms with E-state index in [1.54, 1.807) is 0 Å². The van der Waals surface area contributed by atoms with E-state index in [0.29, 0.717) is 6.42 Å². The zero-order chi connectivity index (χ0) is 8.27. The first-order valence-corrected chi connectivity index (χ1v) is 3.76. The molecular weight excluding hydrogens is 144 g/mol. The van der Waals surface area contributed by atoms with Crippen LogP contribution in [0, 0.1) is 0 Å². The van der Waals surface area contributed by atoms with Gasteiger partial charge >= 0.3 is 0 Å². The van der Waals surface area contributed by atoms with E-state index in [1.807, 2.05) is 0 Å². The van der Waals surface area contributed by atoms with Gasteiger partial charge in [0.1, 0.15) is 0 Å². The predicted molar refractivity (Wildman–Crippen MR) is 39.6 cm³/mol. The van der Waals surface area contributed by atoms with Crippen molar-refractivity contribution in [2.75, 3.05) is 0 Å². The summed E-state index contributed by atoms with van der Waals surface area (Å²) in [5, 5.41) is 2.71. The first kappa shape index (κ1) is 8.04. The molecular formula is C7H12N2O2. The maximum atomic E-state index is 10.8. The number of carbonyl (C=O) groups is 2. The van der Waals surface area contributed by atoms with Crippen molar-refractivity contribution in [3.8, 4) is 0 Å². The summed E-state index contributed by atoms with van der Waals surface area (Å²) in [6.45, 7) is 0. The van der Waals surface area contributed by atoms with Gasteiger partial charge in [-0.05, 0) is 12.8 Å². The number of amides is 2. The highest BCUT2D eigenvalue weighted by molar-refractivity contribution is 5.79. The normalized spacial score (nSPS) is 24.4. The van der Waals surface area contributed by atoms with Gasteiger partial charge in [-0.25, -0.2) is 0 Å². The topological polar surface area (TPSA) is 72.2 Å². The van der Waals surface area contributed by atoms with Crippen molar-refractivity contribution in [2.24, 2.45) is 5.73 Å². The van der Waals surface area contributed by atoms with Crippen LogP contribution in [0.1, 0.15) is 25.7 Å². The van der Waals surface area contributed by atoms with E-state index in [-0.39, 0.29) is 24.3 Å². The van der Waals surface area contributed by atoms with E-state index < -0.39 is 0 Å². The summed E-state index contributed by atoms with van der Waals surface area (Å²) >= 11 is 0. The molecule has 1 fully saturated rings. The molecule has 1 heterocycles. The van der Waals surface area contributed by atoms with Crippen molar-refractivity contribution >= 4 is 11.8 Å². The Labute approximate surface area is 65.1 Å². The molecule has 1 rings (SSSR count). The van der Waals surface area contributed by atoms with Crippen molar-refractivity contribution in [1.29, 1.82) is 0 Å². The van der Waals surface area contributed by atoms with Crippen LogP contribution in [0.2, 0.25) is 0 Å². The molecule has 0 aromatic rings. The van der Waals surface area contributed by atoms with Crippen LogP contribution in [0.3, 0.4) is 0 Å². The number of nitrogens with one attached hydrogen (secondary N) is 1. The molecule has 0 aromatic heterocycles. The largest absolute Gasteiger partial charge is 0.370 e. The van der Waals surface area contributed by atoms with Gasteiger partial charge < -0.3 is 11.1 Å². The first-order chi connectivity index (χ1) is 5.18. The average molecular weight is 156 g/mol. The fourth-order valence-corrected chi connectivity index (χ4v) is 1.28. The third-order valence-corrected chi connectivity index (χ3v) is 1.77. The van der Waals surface area contributed by atoms with Crippen LogP contribution in [0.5, 0.6) is 0 Å². The van der Waals surface area contributed by atoms with E-state index in [2.05, 4.69) is 5.32 Å². The lowest BCUT2D eigenvalue weighted by Gasteiger charge is -2.21. The summed E-state index contributed by atoms with van der Waals surface area (Å²) in [4.78, 5) is 21.2. The molecule has 0 saturated carbocycles. The standard InChI is InChI=1S/C7H12N2O2/c8-6(10)4-5-2-1-3-7(11)9-5/h5H,1-4H2,(H2,8,10)(H,9,11)/t5-/m1/s1. The molecule has 11 heavy (non-hydrogen) atoms. The third kappa shape index (κ3) is 2.57. The Bertz CT molecular complexity index is 177. The van der Waals surface area contributed by atoms with Crippen LogP contribution in [-0.4, -0.2) is 17.9 Å². The SMILES string of the molecule is NC(=O)C[C@H]1CCCC(=O)N1. The van der Waals surface area contributed by atoms with Gasteiger partial charge in [-0.15, -0.1) is 0 Å².